The number of methoxy groups -OCH3 is 1. The maximum absolute atomic E-state index is 13.2. The van der Waals surface area contributed by atoms with Crippen LogP contribution in [0.2, 0.25) is 0 Å². The minimum absolute atomic E-state index is 0.0368. The van der Waals surface area contributed by atoms with Crippen LogP contribution in [0.3, 0.4) is 0 Å². The molecule has 1 N–H and O–H groups in total. The molecule has 0 saturated carbocycles. The smallest absolute Gasteiger partial charge is 0.254 e. The fourth-order valence-corrected chi connectivity index (χ4v) is 3.55. The Hall–Kier alpha value is -3.21. The Morgan fingerprint density at radius 2 is 1.70 bits per heavy atom. The van der Waals surface area contributed by atoms with Crippen LogP contribution in [-0.4, -0.2) is 74.6 Å². The first kappa shape index (κ1) is 21.5. The number of nitriles is 1. The lowest BCUT2D eigenvalue weighted by Gasteiger charge is -2.34. The summed E-state index contributed by atoms with van der Waals surface area (Å²) in [6.07, 6.45) is 0. The highest BCUT2D eigenvalue weighted by molar-refractivity contribution is 6.01. The highest BCUT2D eigenvalue weighted by Gasteiger charge is 2.25. The molecule has 0 bridgehead atoms. The Balaban J connectivity index is 1.65. The van der Waals surface area contributed by atoms with Gasteiger partial charge >= 0.3 is 0 Å². The maximum atomic E-state index is 13.2. The minimum atomic E-state index is -0.0532. The Labute approximate surface area is 176 Å². The van der Waals surface area contributed by atoms with E-state index in [0.29, 0.717) is 57.0 Å². The molecule has 1 fully saturated rings. The van der Waals surface area contributed by atoms with E-state index in [0.717, 1.165) is 11.1 Å². The van der Waals surface area contributed by atoms with Crippen LogP contribution >= 0.6 is 0 Å². The van der Waals surface area contributed by atoms with Crippen molar-refractivity contribution in [1.82, 2.24) is 15.1 Å². The van der Waals surface area contributed by atoms with Gasteiger partial charge in [-0.25, -0.2) is 0 Å². The van der Waals surface area contributed by atoms with Gasteiger partial charge in [-0.05, 0) is 17.7 Å². The molecule has 0 atom stereocenters. The van der Waals surface area contributed by atoms with E-state index in [1.165, 1.54) is 0 Å². The molecule has 2 amide bonds. The highest BCUT2D eigenvalue weighted by atomic mass is 16.5. The molecule has 30 heavy (non-hydrogen) atoms. The number of hydrogen-bond acceptors (Lipinski definition) is 5. The molecule has 0 aliphatic carbocycles. The Morgan fingerprint density at radius 3 is 2.40 bits per heavy atom. The second-order valence-electron chi connectivity index (χ2n) is 7.11. The molecule has 1 aliphatic rings. The molecule has 0 spiro atoms. The predicted octanol–water partition coefficient (Wildman–Crippen LogP) is 1.75. The van der Waals surface area contributed by atoms with E-state index in [4.69, 9.17) is 4.74 Å². The van der Waals surface area contributed by atoms with Crippen molar-refractivity contribution in [3.05, 3.63) is 59.7 Å². The van der Waals surface area contributed by atoms with Gasteiger partial charge < -0.3 is 15.0 Å². The summed E-state index contributed by atoms with van der Waals surface area (Å²) in [5.41, 5.74) is 2.66. The van der Waals surface area contributed by atoms with Gasteiger partial charge in [0.2, 0.25) is 5.91 Å². The van der Waals surface area contributed by atoms with E-state index in [2.05, 4.69) is 11.4 Å². The summed E-state index contributed by atoms with van der Waals surface area (Å²) in [6, 6.07) is 16.9. The summed E-state index contributed by atoms with van der Waals surface area (Å²) in [5, 5.41) is 12.3. The lowest BCUT2D eigenvalue weighted by Crippen LogP contribution is -2.51. The third-order valence-electron chi connectivity index (χ3n) is 5.15. The van der Waals surface area contributed by atoms with E-state index >= 15 is 0 Å². The van der Waals surface area contributed by atoms with Crippen LogP contribution in [-0.2, 0) is 9.53 Å². The van der Waals surface area contributed by atoms with Gasteiger partial charge in [0.15, 0.2) is 0 Å². The second-order valence-corrected chi connectivity index (χ2v) is 7.11. The van der Waals surface area contributed by atoms with E-state index in [1.807, 2.05) is 46.2 Å². The van der Waals surface area contributed by atoms with Gasteiger partial charge in [-0.3, -0.25) is 14.5 Å². The van der Waals surface area contributed by atoms with Gasteiger partial charge in [0, 0.05) is 51.0 Å². The first-order valence-electron chi connectivity index (χ1n) is 10.00. The average molecular weight is 406 g/mol. The van der Waals surface area contributed by atoms with Gasteiger partial charge in [0.1, 0.15) is 0 Å². The highest BCUT2D eigenvalue weighted by Crippen LogP contribution is 2.28. The van der Waals surface area contributed by atoms with Crippen molar-refractivity contribution in [3.8, 4) is 17.2 Å². The van der Waals surface area contributed by atoms with Gasteiger partial charge in [0.05, 0.1) is 24.8 Å². The summed E-state index contributed by atoms with van der Waals surface area (Å²) in [4.78, 5) is 29.1. The summed E-state index contributed by atoms with van der Waals surface area (Å²) >= 11 is 0. The molecule has 1 heterocycles. The van der Waals surface area contributed by atoms with Crippen LogP contribution in [0.15, 0.2) is 48.5 Å². The van der Waals surface area contributed by atoms with Crippen LogP contribution in [0.25, 0.3) is 11.1 Å². The van der Waals surface area contributed by atoms with E-state index in [9.17, 15) is 14.9 Å². The summed E-state index contributed by atoms with van der Waals surface area (Å²) in [5.74, 6) is -0.0900. The summed E-state index contributed by atoms with van der Waals surface area (Å²) in [6.45, 7) is 3.69. The molecule has 0 unspecified atom stereocenters. The number of nitrogens with one attached hydrogen (secondary N) is 1. The van der Waals surface area contributed by atoms with Gasteiger partial charge in [-0.1, -0.05) is 36.4 Å². The summed E-state index contributed by atoms with van der Waals surface area (Å²) in [7, 11) is 1.60. The number of amides is 2. The lowest BCUT2D eigenvalue weighted by molar-refractivity contribution is -0.122. The second kappa shape index (κ2) is 10.5. The zero-order valence-corrected chi connectivity index (χ0v) is 17.1. The van der Waals surface area contributed by atoms with Crippen LogP contribution in [0, 0.1) is 11.3 Å². The number of hydrogen-bond donors (Lipinski definition) is 1. The average Bonchev–Trinajstić information content (AvgIpc) is 2.79. The number of piperazine rings is 1. The third kappa shape index (κ3) is 5.23. The molecule has 1 aliphatic heterocycles. The van der Waals surface area contributed by atoms with Gasteiger partial charge in [-0.2, -0.15) is 5.26 Å². The normalized spacial score (nSPS) is 14.2. The van der Waals surface area contributed by atoms with Crippen molar-refractivity contribution in [2.24, 2.45) is 0 Å². The molecule has 3 rings (SSSR count). The molecule has 7 nitrogen and oxygen atoms in total. The number of carbonyl (C=O) groups excluding carboxylic acids is 2. The van der Waals surface area contributed by atoms with Crippen LogP contribution in [0.5, 0.6) is 0 Å². The first-order chi connectivity index (χ1) is 14.6. The Kier molecular flexibility index (Phi) is 7.55. The van der Waals surface area contributed by atoms with Crippen molar-refractivity contribution in [1.29, 1.82) is 5.26 Å². The van der Waals surface area contributed by atoms with E-state index in [1.54, 1.807) is 19.2 Å². The Bertz CT molecular complexity index is 930. The number of ether oxygens (including phenoxy) is 1. The van der Waals surface area contributed by atoms with Crippen molar-refractivity contribution >= 4 is 11.8 Å². The van der Waals surface area contributed by atoms with Crippen LogP contribution in [0.4, 0.5) is 0 Å². The predicted molar refractivity (Wildman–Crippen MR) is 114 cm³/mol. The molecule has 1 saturated heterocycles. The number of benzene rings is 2. The molecule has 0 radical (unpaired) electrons. The van der Waals surface area contributed by atoms with Gasteiger partial charge in [0.25, 0.3) is 5.91 Å². The topological polar surface area (TPSA) is 85.7 Å². The number of nitrogens with zero attached hydrogens (tertiary/aromatic N) is 3. The zero-order valence-electron chi connectivity index (χ0n) is 17.1. The molecule has 156 valence electrons. The first-order valence-corrected chi connectivity index (χ1v) is 10.00. The fourth-order valence-electron chi connectivity index (χ4n) is 3.55. The summed E-state index contributed by atoms with van der Waals surface area (Å²) < 4.78 is 4.93. The van der Waals surface area contributed by atoms with E-state index < -0.39 is 0 Å². The number of rotatable bonds is 7. The minimum Gasteiger partial charge on any atom is -0.383 e. The zero-order chi connectivity index (χ0) is 21.3. The number of carbonyl (C=O) groups is 2. The largest absolute Gasteiger partial charge is 0.383 e. The van der Waals surface area contributed by atoms with Crippen molar-refractivity contribution in [2.75, 3.05) is 53.0 Å². The Morgan fingerprint density at radius 1 is 1.03 bits per heavy atom. The maximum Gasteiger partial charge on any atom is 0.254 e. The molecular weight excluding hydrogens is 380 g/mol. The SMILES string of the molecule is COCCNC(=O)CN1CCN(C(=O)c2ccccc2-c2ccccc2C#N)CC1. The van der Waals surface area contributed by atoms with E-state index in [-0.39, 0.29) is 11.8 Å². The van der Waals surface area contributed by atoms with Crippen molar-refractivity contribution in [2.45, 2.75) is 0 Å². The quantitative estimate of drug-likeness (QED) is 0.708. The standard InChI is InChI=1S/C23H26N4O3/c1-30-15-10-25-22(28)17-26-11-13-27(14-12-26)23(29)21-9-5-4-8-20(21)19-7-3-2-6-18(19)16-24/h2-9H,10-15,17H2,1H3,(H,25,28). The molecular formula is C23H26N4O3. The lowest BCUT2D eigenvalue weighted by atomic mass is 9.95. The van der Waals surface area contributed by atoms with Crippen LogP contribution in [0.1, 0.15) is 15.9 Å². The molecule has 2 aromatic carbocycles. The molecule has 7 heteroatoms. The fraction of sp³-hybridized carbons (Fsp3) is 0.348. The monoisotopic (exact) mass is 406 g/mol. The third-order valence-corrected chi connectivity index (χ3v) is 5.15. The van der Waals surface area contributed by atoms with Crippen LogP contribution < -0.4 is 5.32 Å². The van der Waals surface area contributed by atoms with Gasteiger partial charge in [-0.15, -0.1) is 0 Å². The van der Waals surface area contributed by atoms with Crippen molar-refractivity contribution < 1.29 is 14.3 Å². The molecule has 2 aromatic rings. The molecule has 0 aromatic heterocycles. The van der Waals surface area contributed by atoms with Crippen molar-refractivity contribution in [3.63, 3.8) is 0 Å².